The number of carbonyl (C=O) groups is 2. The quantitative estimate of drug-likeness (QED) is 0.552. The van der Waals surface area contributed by atoms with Crippen molar-refractivity contribution in [3.8, 4) is 0 Å². The molecule has 2 amide bonds. The Morgan fingerprint density at radius 2 is 1.79 bits per heavy atom. The highest BCUT2D eigenvalue weighted by atomic mass is 35.5. The smallest absolute Gasteiger partial charge is 0.255 e. The maximum absolute atomic E-state index is 13.0. The van der Waals surface area contributed by atoms with Crippen LogP contribution in [0.3, 0.4) is 0 Å². The van der Waals surface area contributed by atoms with E-state index in [0.29, 0.717) is 36.8 Å². The molecular formula is C26H28ClN3O2S. The first-order valence-corrected chi connectivity index (χ1v) is 12.4. The molecule has 0 radical (unpaired) electrons. The molecule has 2 aromatic carbocycles. The van der Waals surface area contributed by atoms with E-state index in [1.165, 1.54) is 5.56 Å². The zero-order chi connectivity index (χ0) is 23.2. The van der Waals surface area contributed by atoms with Gasteiger partial charge in [-0.25, -0.2) is 0 Å². The fourth-order valence-corrected chi connectivity index (χ4v) is 5.10. The summed E-state index contributed by atoms with van der Waals surface area (Å²) >= 11 is 7.86. The monoisotopic (exact) mass is 481 g/mol. The van der Waals surface area contributed by atoms with Gasteiger partial charge in [0, 0.05) is 31.1 Å². The van der Waals surface area contributed by atoms with Crippen molar-refractivity contribution in [3.63, 3.8) is 0 Å². The van der Waals surface area contributed by atoms with Crippen molar-refractivity contribution in [2.24, 2.45) is 0 Å². The SMILES string of the molecule is Cc1ccc(C(NC(=O)CN2CCCN(C(=O)c3ccccc3Cl)CC2)c2cccs2)cc1. The summed E-state index contributed by atoms with van der Waals surface area (Å²) in [4.78, 5) is 31.0. The maximum Gasteiger partial charge on any atom is 0.255 e. The molecule has 1 aliphatic rings. The van der Waals surface area contributed by atoms with Gasteiger partial charge in [-0.2, -0.15) is 0 Å². The number of halogens is 1. The van der Waals surface area contributed by atoms with Crippen molar-refractivity contribution >= 4 is 34.8 Å². The molecule has 5 nitrogen and oxygen atoms in total. The predicted octanol–water partition coefficient (Wildman–Crippen LogP) is 4.76. The fraction of sp³-hybridized carbons (Fsp3) is 0.308. The lowest BCUT2D eigenvalue weighted by Gasteiger charge is -2.24. The molecule has 0 saturated carbocycles. The second-order valence-electron chi connectivity index (χ2n) is 8.33. The van der Waals surface area contributed by atoms with Crippen molar-refractivity contribution in [2.45, 2.75) is 19.4 Å². The molecule has 1 N–H and O–H groups in total. The number of thiophene rings is 1. The van der Waals surface area contributed by atoms with Gasteiger partial charge in [-0.1, -0.05) is 59.6 Å². The Balaban J connectivity index is 1.37. The van der Waals surface area contributed by atoms with Crippen LogP contribution in [0, 0.1) is 6.92 Å². The largest absolute Gasteiger partial charge is 0.343 e. The Labute approximate surface area is 204 Å². The molecule has 1 aliphatic heterocycles. The summed E-state index contributed by atoms with van der Waals surface area (Å²) in [5, 5.41) is 5.72. The fourth-order valence-electron chi connectivity index (χ4n) is 4.08. The van der Waals surface area contributed by atoms with E-state index < -0.39 is 0 Å². The van der Waals surface area contributed by atoms with Gasteiger partial charge in [0.15, 0.2) is 0 Å². The molecule has 172 valence electrons. The van der Waals surface area contributed by atoms with Gasteiger partial charge in [-0.15, -0.1) is 11.3 Å². The van der Waals surface area contributed by atoms with Crippen LogP contribution >= 0.6 is 22.9 Å². The second-order valence-corrected chi connectivity index (χ2v) is 9.71. The molecule has 1 atom stereocenters. The Bertz CT molecular complexity index is 1090. The van der Waals surface area contributed by atoms with E-state index in [9.17, 15) is 9.59 Å². The normalized spacial score (nSPS) is 15.6. The minimum Gasteiger partial charge on any atom is -0.343 e. The Morgan fingerprint density at radius 3 is 2.52 bits per heavy atom. The molecule has 7 heteroatoms. The minimum absolute atomic E-state index is 0.0140. The van der Waals surface area contributed by atoms with Crippen LogP contribution < -0.4 is 5.32 Å². The molecule has 1 unspecified atom stereocenters. The first-order chi connectivity index (χ1) is 16.0. The van der Waals surface area contributed by atoms with Crippen LogP contribution in [0.15, 0.2) is 66.0 Å². The number of carbonyl (C=O) groups excluding carboxylic acids is 2. The zero-order valence-corrected chi connectivity index (χ0v) is 20.2. The number of amides is 2. The number of hydrogen-bond acceptors (Lipinski definition) is 4. The van der Waals surface area contributed by atoms with E-state index in [0.717, 1.165) is 23.4 Å². The van der Waals surface area contributed by atoms with Gasteiger partial charge >= 0.3 is 0 Å². The second kappa shape index (κ2) is 11.0. The topological polar surface area (TPSA) is 52.7 Å². The molecule has 2 heterocycles. The Kier molecular flexibility index (Phi) is 7.81. The van der Waals surface area contributed by atoms with Gasteiger partial charge in [0.2, 0.25) is 5.91 Å². The predicted molar refractivity (Wildman–Crippen MR) is 134 cm³/mol. The molecule has 1 saturated heterocycles. The molecular weight excluding hydrogens is 454 g/mol. The van der Waals surface area contributed by atoms with Crippen molar-refractivity contribution in [1.29, 1.82) is 0 Å². The van der Waals surface area contributed by atoms with Crippen LogP contribution in [0.1, 0.15) is 38.8 Å². The van der Waals surface area contributed by atoms with Crippen molar-refractivity contribution < 1.29 is 9.59 Å². The molecule has 1 fully saturated rings. The third-order valence-electron chi connectivity index (χ3n) is 5.89. The number of rotatable bonds is 6. The number of aryl methyl sites for hydroxylation is 1. The summed E-state index contributed by atoms with van der Waals surface area (Å²) in [5.74, 6) is -0.0658. The number of hydrogen-bond donors (Lipinski definition) is 1. The lowest BCUT2D eigenvalue weighted by molar-refractivity contribution is -0.122. The van der Waals surface area contributed by atoms with E-state index in [1.54, 1.807) is 23.5 Å². The average Bonchev–Trinajstić information content (AvgIpc) is 3.25. The van der Waals surface area contributed by atoms with Crippen molar-refractivity contribution in [1.82, 2.24) is 15.1 Å². The first kappa shape index (κ1) is 23.5. The van der Waals surface area contributed by atoms with Crippen molar-refractivity contribution in [3.05, 3.63) is 92.6 Å². The van der Waals surface area contributed by atoms with Gasteiger partial charge in [0.1, 0.15) is 0 Å². The highest BCUT2D eigenvalue weighted by molar-refractivity contribution is 7.10. The van der Waals surface area contributed by atoms with Crippen LogP contribution in [0.2, 0.25) is 5.02 Å². The highest BCUT2D eigenvalue weighted by Gasteiger charge is 2.24. The number of nitrogens with zero attached hydrogens (tertiary/aromatic N) is 2. The summed E-state index contributed by atoms with van der Waals surface area (Å²) in [6.45, 7) is 5.02. The number of nitrogens with one attached hydrogen (secondary N) is 1. The van der Waals surface area contributed by atoms with Gasteiger partial charge in [0.05, 0.1) is 23.2 Å². The highest BCUT2D eigenvalue weighted by Crippen LogP contribution is 2.26. The summed E-state index contributed by atoms with van der Waals surface area (Å²) in [5.41, 5.74) is 2.79. The minimum atomic E-state index is -0.164. The van der Waals surface area contributed by atoms with Crippen molar-refractivity contribution in [2.75, 3.05) is 32.7 Å². The van der Waals surface area contributed by atoms with E-state index in [4.69, 9.17) is 11.6 Å². The van der Waals surface area contributed by atoms with Crippen LogP contribution in [0.25, 0.3) is 0 Å². The molecule has 1 aromatic heterocycles. The van der Waals surface area contributed by atoms with E-state index in [-0.39, 0.29) is 17.9 Å². The van der Waals surface area contributed by atoms with Gasteiger partial charge in [-0.3, -0.25) is 14.5 Å². The molecule has 0 spiro atoms. The molecule has 0 aliphatic carbocycles. The third-order valence-corrected chi connectivity index (χ3v) is 7.16. The molecule has 3 aromatic rings. The summed E-state index contributed by atoms with van der Waals surface area (Å²) in [7, 11) is 0. The Hall–Kier alpha value is -2.67. The van der Waals surface area contributed by atoms with Crippen LogP contribution in [-0.4, -0.2) is 54.3 Å². The number of benzene rings is 2. The lowest BCUT2D eigenvalue weighted by atomic mass is 10.0. The van der Waals surface area contributed by atoms with Crippen LogP contribution in [0.4, 0.5) is 0 Å². The van der Waals surface area contributed by atoms with Crippen LogP contribution in [0.5, 0.6) is 0 Å². The molecule has 0 bridgehead atoms. The molecule has 4 rings (SSSR count). The average molecular weight is 482 g/mol. The maximum atomic E-state index is 13.0. The Morgan fingerprint density at radius 1 is 1.00 bits per heavy atom. The first-order valence-electron chi connectivity index (χ1n) is 11.2. The summed E-state index contributed by atoms with van der Waals surface area (Å²) < 4.78 is 0. The van der Waals surface area contributed by atoms with Gasteiger partial charge < -0.3 is 10.2 Å². The van der Waals surface area contributed by atoms with E-state index in [2.05, 4.69) is 47.5 Å². The summed E-state index contributed by atoms with van der Waals surface area (Å²) in [6.07, 6.45) is 0.815. The van der Waals surface area contributed by atoms with E-state index >= 15 is 0 Å². The van der Waals surface area contributed by atoms with Crippen LogP contribution in [-0.2, 0) is 4.79 Å². The third kappa shape index (κ3) is 6.02. The van der Waals surface area contributed by atoms with E-state index in [1.807, 2.05) is 28.5 Å². The zero-order valence-electron chi connectivity index (χ0n) is 18.7. The van der Waals surface area contributed by atoms with Gasteiger partial charge in [0.25, 0.3) is 5.91 Å². The van der Waals surface area contributed by atoms with Gasteiger partial charge in [-0.05, 0) is 42.5 Å². The lowest BCUT2D eigenvalue weighted by Crippen LogP contribution is -2.41. The standard InChI is InChI=1S/C26H28ClN3O2S/c1-19-9-11-20(12-10-19)25(23-8-4-17-33-23)28-24(31)18-29-13-5-14-30(16-15-29)26(32)21-6-2-3-7-22(21)27/h2-4,6-12,17,25H,5,13-16,18H2,1H3,(H,28,31). The summed E-state index contributed by atoms with van der Waals surface area (Å²) in [6, 6.07) is 19.3. The molecule has 33 heavy (non-hydrogen) atoms.